The predicted molar refractivity (Wildman–Crippen MR) is 88.9 cm³/mol. The van der Waals surface area contributed by atoms with Crippen molar-refractivity contribution in [2.45, 2.75) is 32.1 Å². The van der Waals surface area contributed by atoms with Gasteiger partial charge in [-0.2, -0.15) is 0 Å². The predicted octanol–water partition coefficient (Wildman–Crippen LogP) is 3.56. The van der Waals surface area contributed by atoms with E-state index >= 15 is 0 Å². The van der Waals surface area contributed by atoms with Crippen molar-refractivity contribution in [3.63, 3.8) is 0 Å². The van der Waals surface area contributed by atoms with Crippen molar-refractivity contribution in [3.05, 3.63) is 28.2 Å². The van der Waals surface area contributed by atoms with Gasteiger partial charge in [-0.25, -0.2) is 0 Å². The molecule has 2 aliphatic rings. The van der Waals surface area contributed by atoms with E-state index in [4.69, 9.17) is 10.9 Å². The monoisotopic (exact) mass is 351 g/mol. The highest BCUT2D eigenvalue weighted by Crippen LogP contribution is 2.38. The lowest BCUT2D eigenvalue weighted by atomic mass is 9.75. The second-order valence-electron chi connectivity index (χ2n) is 6.19. The normalized spacial score (nSPS) is 26.5. The first-order valence-electron chi connectivity index (χ1n) is 7.71. The molecule has 2 unspecified atom stereocenters. The fraction of sp³-hybridized carbons (Fsp3) is 0.562. The Kier molecular flexibility index (Phi) is 4.38. The molecule has 1 aromatic carbocycles. The van der Waals surface area contributed by atoms with Gasteiger partial charge in [-0.05, 0) is 58.8 Å². The fourth-order valence-corrected chi connectivity index (χ4v) is 4.37. The van der Waals surface area contributed by atoms with Crippen LogP contribution in [-0.4, -0.2) is 24.1 Å². The van der Waals surface area contributed by atoms with Crippen molar-refractivity contribution in [1.82, 2.24) is 0 Å². The summed E-state index contributed by atoms with van der Waals surface area (Å²) in [5, 5.41) is 11.9. The van der Waals surface area contributed by atoms with Crippen LogP contribution in [0.5, 0.6) is 0 Å². The van der Waals surface area contributed by atoms with Crippen molar-refractivity contribution in [2.24, 2.45) is 22.7 Å². The van der Waals surface area contributed by atoms with E-state index in [1.807, 2.05) is 6.07 Å². The van der Waals surface area contributed by atoms with Crippen LogP contribution in [-0.2, 0) is 0 Å². The smallest absolute Gasteiger partial charge is 0.171 e. The lowest BCUT2D eigenvalue weighted by Crippen LogP contribution is -2.41. The standard InChI is InChI=1S/C16H22BrN3O/c17-15-9-13(5-6-14(15)16(18)19-21)20-8-7-11-3-1-2-4-12(11)10-20/h5-6,9,11-12,21H,1-4,7-8,10H2,(H2,18,19). The number of oxime groups is 1. The Labute approximate surface area is 134 Å². The van der Waals surface area contributed by atoms with E-state index in [0.29, 0.717) is 0 Å². The molecule has 1 aromatic rings. The second kappa shape index (κ2) is 6.26. The van der Waals surface area contributed by atoms with Gasteiger partial charge in [0.2, 0.25) is 0 Å². The molecule has 2 atom stereocenters. The lowest BCUT2D eigenvalue weighted by molar-refractivity contribution is 0.202. The van der Waals surface area contributed by atoms with Crippen molar-refractivity contribution in [1.29, 1.82) is 0 Å². The number of rotatable bonds is 2. The number of anilines is 1. The molecular weight excluding hydrogens is 330 g/mol. The van der Waals surface area contributed by atoms with Crippen LogP contribution in [0.2, 0.25) is 0 Å². The van der Waals surface area contributed by atoms with E-state index in [-0.39, 0.29) is 5.84 Å². The Balaban J connectivity index is 1.76. The molecule has 0 bridgehead atoms. The number of hydrogen-bond acceptors (Lipinski definition) is 3. The summed E-state index contributed by atoms with van der Waals surface area (Å²) in [6.07, 6.45) is 6.92. The summed E-state index contributed by atoms with van der Waals surface area (Å²) < 4.78 is 0.876. The van der Waals surface area contributed by atoms with Crippen molar-refractivity contribution < 1.29 is 5.21 Å². The first-order chi connectivity index (χ1) is 10.2. The zero-order chi connectivity index (χ0) is 14.8. The Morgan fingerprint density at radius 2 is 2.00 bits per heavy atom. The maximum absolute atomic E-state index is 8.79. The highest BCUT2D eigenvalue weighted by Gasteiger charge is 2.31. The highest BCUT2D eigenvalue weighted by molar-refractivity contribution is 9.10. The Hall–Kier alpha value is -1.23. The molecule has 21 heavy (non-hydrogen) atoms. The van der Waals surface area contributed by atoms with Gasteiger partial charge in [-0.3, -0.25) is 0 Å². The Bertz CT molecular complexity index is 546. The Morgan fingerprint density at radius 3 is 2.71 bits per heavy atom. The summed E-state index contributed by atoms with van der Waals surface area (Å²) >= 11 is 3.53. The molecule has 114 valence electrons. The maximum atomic E-state index is 8.79. The van der Waals surface area contributed by atoms with Gasteiger partial charge in [0, 0.05) is 28.8 Å². The maximum Gasteiger partial charge on any atom is 0.171 e. The molecule has 0 spiro atoms. The topological polar surface area (TPSA) is 61.9 Å². The summed E-state index contributed by atoms with van der Waals surface area (Å²) in [7, 11) is 0. The average Bonchev–Trinajstić information content (AvgIpc) is 2.53. The summed E-state index contributed by atoms with van der Waals surface area (Å²) in [5.74, 6) is 1.93. The van der Waals surface area contributed by atoms with Gasteiger partial charge in [-0.1, -0.05) is 24.4 Å². The molecule has 1 saturated heterocycles. The quantitative estimate of drug-likeness (QED) is 0.370. The van der Waals surface area contributed by atoms with E-state index < -0.39 is 0 Å². The summed E-state index contributed by atoms with van der Waals surface area (Å²) in [6.45, 7) is 2.30. The number of halogens is 1. The van der Waals surface area contributed by atoms with Gasteiger partial charge in [0.05, 0.1) is 0 Å². The number of fused-ring (bicyclic) bond motifs is 1. The minimum atomic E-state index is 0.138. The molecule has 0 radical (unpaired) electrons. The van der Waals surface area contributed by atoms with Crippen molar-refractivity contribution >= 4 is 27.5 Å². The molecule has 1 aliphatic carbocycles. The highest BCUT2D eigenvalue weighted by atomic mass is 79.9. The van der Waals surface area contributed by atoms with Gasteiger partial charge in [-0.15, -0.1) is 0 Å². The number of benzene rings is 1. The Morgan fingerprint density at radius 1 is 1.24 bits per heavy atom. The zero-order valence-corrected chi connectivity index (χ0v) is 13.7. The summed E-state index contributed by atoms with van der Waals surface area (Å²) in [4.78, 5) is 2.48. The van der Waals surface area contributed by atoms with Gasteiger partial charge in [0.1, 0.15) is 0 Å². The van der Waals surface area contributed by atoms with Crippen LogP contribution >= 0.6 is 15.9 Å². The van der Waals surface area contributed by atoms with Gasteiger partial charge in [0.25, 0.3) is 0 Å². The van der Waals surface area contributed by atoms with E-state index in [0.717, 1.165) is 28.4 Å². The number of nitrogens with two attached hydrogens (primary N) is 1. The summed E-state index contributed by atoms with van der Waals surface area (Å²) in [6, 6.07) is 6.07. The van der Waals surface area contributed by atoms with Crippen LogP contribution in [0.1, 0.15) is 37.7 Å². The number of hydrogen-bond donors (Lipinski definition) is 2. The van der Waals surface area contributed by atoms with Crippen LogP contribution in [0.15, 0.2) is 27.8 Å². The third-order valence-corrected chi connectivity index (χ3v) is 5.65. The van der Waals surface area contributed by atoms with Crippen molar-refractivity contribution in [3.8, 4) is 0 Å². The molecule has 3 rings (SSSR count). The van der Waals surface area contributed by atoms with E-state index in [1.54, 1.807) is 0 Å². The molecule has 2 fully saturated rings. The summed E-state index contributed by atoms with van der Waals surface area (Å²) in [5.41, 5.74) is 7.62. The molecule has 4 nitrogen and oxygen atoms in total. The van der Waals surface area contributed by atoms with Crippen molar-refractivity contribution in [2.75, 3.05) is 18.0 Å². The SMILES string of the molecule is N/C(=N/O)c1ccc(N2CCC3CCCCC3C2)cc1Br. The minimum Gasteiger partial charge on any atom is -0.409 e. The average molecular weight is 352 g/mol. The van der Waals surface area contributed by atoms with Gasteiger partial charge in [0.15, 0.2) is 5.84 Å². The first-order valence-corrected chi connectivity index (χ1v) is 8.50. The minimum absolute atomic E-state index is 0.138. The largest absolute Gasteiger partial charge is 0.409 e. The molecule has 1 heterocycles. The van der Waals surface area contributed by atoms with Gasteiger partial charge >= 0.3 is 0 Å². The number of amidine groups is 1. The van der Waals surface area contributed by atoms with Crippen LogP contribution in [0.3, 0.4) is 0 Å². The second-order valence-corrected chi connectivity index (χ2v) is 7.04. The molecule has 0 amide bonds. The van der Waals surface area contributed by atoms with Crippen LogP contribution in [0.25, 0.3) is 0 Å². The number of piperidine rings is 1. The van der Waals surface area contributed by atoms with E-state index in [9.17, 15) is 0 Å². The first kappa shape index (κ1) is 14.7. The van der Waals surface area contributed by atoms with E-state index in [1.165, 1.54) is 44.3 Å². The third kappa shape index (κ3) is 3.03. The molecule has 1 saturated carbocycles. The molecule has 1 aliphatic heterocycles. The molecule has 0 aromatic heterocycles. The molecular formula is C16H22BrN3O. The number of nitrogens with zero attached hydrogens (tertiary/aromatic N) is 2. The van der Waals surface area contributed by atoms with E-state index in [2.05, 4.69) is 38.1 Å². The molecule has 3 N–H and O–H groups in total. The zero-order valence-electron chi connectivity index (χ0n) is 12.1. The van der Waals surface area contributed by atoms with Crippen LogP contribution in [0.4, 0.5) is 5.69 Å². The van der Waals surface area contributed by atoms with Crippen LogP contribution in [0, 0.1) is 11.8 Å². The molecule has 5 heteroatoms. The van der Waals surface area contributed by atoms with Crippen LogP contribution < -0.4 is 10.6 Å². The third-order valence-electron chi connectivity index (χ3n) is 4.99. The fourth-order valence-electron chi connectivity index (χ4n) is 3.80. The lowest BCUT2D eigenvalue weighted by Gasteiger charge is -2.42. The van der Waals surface area contributed by atoms with Gasteiger partial charge < -0.3 is 15.8 Å².